The Balaban J connectivity index is 0.756. The second-order valence-corrected chi connectivity index (χ2v) is 29.2. The zero-order chi connectivity index (χ0) is 71.8. The maximum Gasteiger partial charge on any atom is 0.0724 e. The Bertz CT molecular complexity index is 6650. The van der Waals surface area contributed by atoms with E-state index >= 15 is 0 Å². The molecule has 8 heteroatoms. The standard InChI is InChI=1S/C102H64N8/c1-3-25-65(26-4-1)103-99-61-69(105-87-39-17-9-31-77(87)78-32-10-18-40-88(78)105)49-55-95(99)109(96-56-50-70(62-100(96)103)106-89-41-19-11-33-79(89)80-34-12-20-42-90(80)106)67-47-53-75-73-29-7-8-30-74(73)76-54-48-68(60-86(76)85(75)59-67)110-97-57-51-71(107-91-43-21-13-35-81(91)82-36-14-22-44-92(82)107)63-101(97)104(66-27-5-2-6-28-66)102-64-72(52-58-98(102)110)108-93-45-23-15-37-83(93)84-38-16-24-46-94(84)108/h1-64H. The highest BCUT2D eigenvalue weighted by Gasteiger charge is 2.36. The van der Waals surface area contributed by atoms with E-state index in [4.69, 9.17) is 0 Å². The minimum absolute atomic E-state index is 1.05. The van der Waals surface area contributed by atoms with Gasteiger partial charge in [0.25, 0.3) is 0 Å². The Morgan fingerprint density at radius 1 is 0.109 bits per heavy atom. The van der Waals surface area contributed by atoms with Crippen molar-refractivity contribution in [2.45, 2.75) is 0 Å². The number of fused-ring (bicyclic) bond motifs is 22. The van der Waals surface area contributed by atoms with Gasteiger partial charge in [-0.2, -0.15) is 0 Å². The quantitative estimate of drug-likeness (QED) is 0.142. The van der Waals surface area contributed by atoms with E-state index in [2.05, 4.69) is 426 Å². The van der Waals surface area contributed by atoms with Crippen LogP contribution in [0.4, 0.5) is 68.2 Å². The van der Waals surface area contributed by atoms with Crippen LogP contribution in [0.5, 0.6) is 0 Å². The van der Waals surface area contributed by atoms with Gasteiger partial charge in [-0.05, 0) is 202 Å². The predicted octanol–water partition coefficient (Wildman–Crippen LogP) is 28.0. The van der Waals surface area contributed by atoms with Crippen LogP contribution in [0, 0.1) is 0 Å². The van der Waals surface area contributed by atoms with Gasteiger partial charge in [-0.25, -0.2) is 0 Å². The first-order chi connectivity index (χ1) is 54.6. The number of hydrogen-bond acceptors (Lipinski definition) is 4. The van der Waals surface area contributed by atoms with Gasteiger partial charge in [0.15, 0.2) is 0 Å². The van der Waals surface area contributed by atoms with Gasteiger partial charge in [0.1, 0.15) is 0 Å². The van der Waals surface area contributed by atoms with Crippen LogP contribution >= 0.6 is 0 Å². The molecule has 0 saturated heterocycles. The van der Waals surface area contributed by atoms with Gasteiger partial charge in [0.05, 0.1) is 89.6 Å². The summed E-state index contributed by atoms with van der Waals surface area (Å²) < 4.78 is 9.78. The summed E-state index contributed by atoms with van der Waals surface area (Å²) in [5, 5.41) is 16.9. The Labute approximate surface area is 632 Å². The molecular weight excluding hydrogens is 1340 g/mol. The van der Waals surface area contributed by atoms with Gasteiger partial charge in [-0.15, -0.1) is 0 Å². The van der Waals surface area contributed by atoms with Crippen LogP contribution < -0.4 is 19.6 Å². The van der Waals surface area contributed by atoms with Crippen molar-refractivity contribution in [3.05, 3.63) is 388 Å². The zero-order valence-electron chi connectivity index (χ0n) is 59.5. The molecule has 0 amide bonds. The molecule has 0 atom stereocenters. The highest BCUT2D eigenvalue weighted by atomic mass is 15.3. The number of anilines is 12. The lowest BCUT2D eigenvalue weighted by atomic mass is 9.92. The third-order valence-electron chi connectivity index (χ3n) is 23.5. The van der Waals surface area contributed by atoms with E-state index in [0.29, 0.717) is 0 Å². The van der Waals surface area contributed by atoms with Crippen LogP contribution in [-0.4, -0.2) is 18.3 Å². The molecule has 22 aromatic rings. The fraction of sp³-hybridized carbons (Fsp3) is 0. The summed E-state index contributed by atoms with van der Waals surface area (Å²) in [5.41, 5.74) is 26.3. The Morgan fingerprint density at radius 3 is 0.545 bits per heavy atom. The molecule has 2 aliphatic rings. The highest BCUT2D eigenvalue weighted by molar-refractivity contribution is 6.27. The van der Waals surface area contributed by atoms with E-state index in [-0.39, 0.29) is 0 Å². The van der Waals surface area contributed by atoms with E-state index in [1.807, 2.05) is 0 Å². The fourth-order valence-electron chi connectivity index (χ4n) is 18.9. The van der Waals surface area contributed by atoms with Crippen LogP contribution in [0.15, 0.2) is 388 Å². The summed E-state index contributed by atoms with van der Waals surface area (Å²) in [6, 6.07) is 144. The lowest BCUT2D eigenvalue weighted by Gasteiger charge is -2.41. The fourth-order valence-corrected chi connectivity index (χ4v) is 18.9. The van der Waals surface area contributed by atoms with Crippen molar-refractivity contribution < 1.29 is 0 Å². The van der Waals surface area contributed by atoms with Crippen molar-refractivity contribution >= 4 is 188 Å². The van der Waals surface area contributed by atoms with Gasteiger partial charge in [0.2, 0.25) is 0 Å². The van der Waals surface area contributed by atoms with Crippen molar-refractivity contribution in [3.8, 4) is 22.7 Å². The molecule has 512 valence electrons. The molecule has 0 fully saturated rings. The number of hydrogen-bond donors (Lipinski definition) is 0. The van der Waals surface area contributed by atoms with E-state index in [1.54, 1.807) is 0 Å². The molecule has 110 heavy (non-hydrogen) atoms. The summed E-state index contributed by atoms with van der Waals surface area (Å²) in [4.78, 5) is 10.0. The summed E-state index contributed by atoms with van der Waals surface area (Å²) in [7, 11) is 0. The maximum absolute atomic E-state index is 2.53. The third kappa shape index (κ3) is 8.66. The smallest absolute Gasteiger partial charge is 0.0724 e. The summed E-state index contributed by atoms with van der Waals surface area (Å²) >= 11 is 0. The molecule has 0 saturated carbocycles. The van der Waals surface area contributed by atoms with Gasteiger partial charge >= 0.3 is 0 Å². The number of rotatable bonds is 8. The normalized spacial score (nSPS) is 12.8. The summed E-state index contributed by atoms with van der Waals surface area (Å²) in [6.07, 6.45) is 0. The van der Waals surface area contributed by atoms with Crippen molar-refractivity contribution in [3.63, 3.8) is 0 Å². The molecule has 8 nitrogen and oxygen atoms in total. The lowest BCUT2D eigenvalue weighted by Crippen LogP contribution is -2.24. The summed E-state index contributed by atoms with van der Waals surface area (Å²) in [5.74, 6) is 0. The van der Waals surface area contributed by atoms with Crippen LogP contribution in [0.25, 0.3) is 142 Å². The minimum atomic E-state index is 1.05. The average Bonchev–Trinajstić information content (AvgIpc) is 0.824. The second-order valence-electron chi connectivity index (χ2n) is 29.2. The molecule has 0 aliphatic carbocycles. The highest BCUT2D eigenvalue weighted by Crippen LogP contribution is 2.59. The van der Waals surface area contributed by atoms with Gasteiger partial charge < -0.3 is 37.9 Å². The average molecular weight is 1400 g/mol. The van der Waals surface area contributed by atoms with E-state index in [0.717, 1.165) is 146 Å². The Morgan fingerprint density at radius 2 is 0.300 bits per heavy atom. The molecule has 0 radical (unpaired) electrons. The first kappa shape index (κ1) is 60.4. The van der Waals surface area contributed by atoms with Crippen LogP contribution in [0.3, 0.4) is 0 Å². The molecule has 18 aromatic carbocycles. The Hall–Kier alpha value is -14.9. The molecule has 0 spiro atoms. The third-order valence-corrected chi connectivity index (χ3v) is 23.5. The number of benzene rings is 18. The van der Waals surface area contributed by atoms with Crippen LogP contribution in [0.2, 0.25) is 0 Å². The number of nitrogens with zero attached hydrogens (tertiary/aromatic N) is 8. The number of aromatic nitrogens is 4. The molecular formula is C102H64N8. The van der Waals surface area contributed by atoms with Crippen molar-refractivity contribution in [1.82, 2.24) is 18.3 Å². The van der Waals surface area contributed by atoms with E-state index in [1.165, 1.54) is 64.6 Å². The second kappa shape index (κ2) is 23.3. The van der Waals surface area contributed by atoms with Crippen molar-refractivity contribution in [2.75, 3.05) is 19.6 Å². The predicted molar refractivity (Wildman–Crippen MR) is 462 cm³/mol. The first-order valence-electron chi connectivity index (χ1n) is 37.8. The maximum atomic E-state index is 2.53. The largest absolute Gasteiger partial charge is 0.309 e. The van der Waals surface area contributed by atoms with Crippen molar-refractivity contribution in [2.24, 2.45) is 0 Å². The van der Waals surface area contributed by atoms with Gasteiger partial charge in [0, 0.05) is 88.6 Å². The summed E-state index contributed by atoms with van der Waals surface area (Å²) in [6.45, 7) is 0. The molecule has 0 N–H and O–H groups in total. The number of para-hydroxylation sites is 10. The van der Waals surface area contributed by atoms with Crippen LogP contribution in [0.1, 0.15) is 0 Å². The van der Waals surface area contributed by atoms with E-state index in [9.17, 15) is 0 Å². The van der Waals surface area contributed by atoms with Crippen molar-refractivity contribution in [1.29, 1.82) is 0 Å². The molecule has 4 aromatic heterocycles. The molecule has 0 bridgehead atoms. The Kier molecular flexibility index (Phi) is 12.8. The SMILES string of the molecule is c1ccc(N2c3cc(-n4c5ccccc5c5ccccc54)ccc3N(c3ccc4c5ccccc5c5ccc(N6c7ccc(-n8c9ccccc9c9ccccc98)cc7N(c7ccccc7)c7cc(-n8c9ccccc9c9ccccc98)ccc76)cc5c4c3)c3ccc(-n4c5ccccc5c5ccccc54)cc32)cc1. The van der Waals surface area contributed by atoms with Gasteiger partial charge in [-0.3, -0.25) is 0 Å². The van der Waals surface area contributed by atoms with Gasteiger partial charge in [-0.1, -0.05) is 218 Å². The first-order valence-corrected chi connectivity index (χ1v) is 37.8. The minimum Gasteiger partial charge on any atom is -0.309 e. The molecule has 0 unspecified atom stereocenters. The molecule has 24 rings (SSSR count). The molecule has 2 aliphatic heterocycles. The van der Waals surface area contributed by atoms with E-state index < -0.39 is 0 Å². The molecule has 6 heterocycles. The zero-order valence-corrected chi connectivity index (χ0v) is 59.5. The lowest BCUT2D eigenvalue weighted by molar-refractivity contribution is 1.12. The van der Waals surface area contributed by atoms with Crippen LogP contribution in [-0.2, 0) is 0 Å². The topological polar surface area (TPSA) is 32.7 Å². The monoisotopic (exact) mass is 1400 g/mol.